The predicted octanol–water partition coefficient (Wildman–Crippen LogP) is 2.40. The van der Waals surface area contributed by atoms with Gasteiger partial charge in [0, 0.05) is 93.1 Å². The third kappa shape index (κ3) is 33.9. The van der Waals surface area contributed by atoms with Crippen molar-refractivity contribution >= 4 is 145 Å². The molecular formula is C95H115N17O24S. The topological polar surface area (TPSA) is 654 Å². The minimum absolute atomic E-state index is 0.00110. The lowest BCUT2D eigenvalue weighted by Gasteiger charge is -2.27. The summed E-state index contributed by atoms with van der Waals surface area (Å²) < 4.78 is 5.94. The quantitative estimate of drug-likeness (QED) is 0.0148. The van der Waals surface area contributed by atoms with E-state index in [0.29, 0.717) is 46.9 Å². The number of nitrogens with two attached hydrogens (primary N) is 2. The number of carboxylic acid groups (broad SMARTS) is 3. The number of hydrogen-bond acceptors (Lipinski definition) is 23. The number of rotatable bonds is 53. The lowest BCUT2D eigenvalue weighted by atomic mass is 9.90. The number of amides is 14. The first-order chi connectivity index (χ1) is 65.3. The van der Waals surface area contributed by atoms with Gasteiger partial charge in [0.05, 0.1) is 24.8 Å². The maximum absolute atomic E-state index is 14.7. The van der Waals surface area contributed by atoms with Gasteiger partial charge in [-0.1, -0.05) is 125 Å². The average molecular weight is 1910 g/mol. The lowest BCUT2D eigenvalue weighted by molar-refractivity contribution is -0.143. The number of unbranched alkanes of at least 4 members (excludes halogenated alkanes) is 2. The molecule has 8 rings (SSSR count). The number of fused-ring (bicyclic) bond motifs is 3. The number of benzene rings is 7. The molecule has 1 heterocycles. The molecule has 0 saturated heterocycles. The van der Waals surface area contributed by atoms with Crippen molar-refractivity contribution in [1.82, 2.24) is 74.4 Å². The molecule has 10 atom stereocenters. The summed E-state index contributed by atoms with van der Waals surface area (Å²) in [4.78, 5) is 247. The number of primary amides is 1. The largest absolute Gasteiger partial charge is 0.508 e. The zero-order valence-corrected chi connectivity index (χ0v) is 76.8. The van der Waals surface area contributed by atoms with Crippen LogP contribution in [0.5, 0.6) is 11.5 Å². The number of thiocarbonyl (C=S) groups is 1. The van der Waals surface area contributed by atoms with Gasteiger partial charge in [0.1, 0.15) is 83.3 Å². The second kappa shape index (κ2) is 52.8. The van der Waals surface area contributed by atoms with E-state index in [9.17, 15) is 112 Å². The highest BCUT2D eigenvalue weighted by Gasteiger charge is 2.38. The number of aromatic hydroxyl groups is 2. The van der Waals surface area contributed by atoms with E-state index >= 15 is 0 Å². The molecule has 0 bridgehead atoms. The molecule has 1 aliphatic carbocycles. The van der Waals surface area contributed by atoms with Gasteiger partial charge in [0.2, 0.25) is 82.7 Å². The molecule has 137 heavy (non-hydrogen) atoms. The van der Waals surface area contributed by atoms with Crippen LogP contribution in [-0.2, 0) is 96.1 Å². The maximum atomic E-state index is 14.7. The van der Waals surface area contributed by atoms with Crippen molar-refractivity contribution in [3.63, 3.8) is 0 Å². The first-order valence-electron chi connectivity index (χ1n) is 44.4. The summed E-state index contributed by atoms with van der Waals surface area (Å²) in [6.45, 7) is 6.36. The van der Waals surface area contributed by atoms with Crippen molar-refractivity contribution in [1.29, 1.82) is 0 Å². The molecule has 41 nitrogen and oxygen atoms in total. The Kier molecular flexibility index (Phi) is 41.2. The van der Waals surface area contributed by atoms with Crippen molar-refractivity contribution in [2.24, 2.45) is 17.4 Å². The summed E-state index contributed by atoms with van der Waals surface area (Å²) in [6.07, 6.45) is -4.64. The van der Waals surface area contributed by atoms with Crippen LogP contribution in [0.3, 0.4) is 0 Å². The molecule has 6 aromatic rings. The molecule has 0 fully saturated rings. The van der Waals surface area contributed by atoms with Crippen LogP contribution in [0, 0.1) is 5.92 Å². The van der Waals surface area contributed by atoms with E-state index in [1.807, 2.05) is 24.3 Å². The molecule has 1 aliphatic heterocycles. The Bertz CT molecular complexity index is 5740. The van der Waals surface area contributed by atoms with E-state index in [0.717, 1.165) is 24.7 Å². The number of phenols is 2. The fourth-order valence-corrected chi connectivity index (χ4v) is 15.0. The predicted molar refractivity (Wildman–Crippen MR) is 506 cm³/mol. The van der Waals surface area contributed by atoms with Gasteiger partial charge in [-0.2, -0.15) is 0 Å². The number of aliphatic carboxylic acids is 2. The molecule has 6 aromatic carbocycles. The van der Waals surface area contributed by atoms with E-state index in [1.54, 1.807) is 81.4 Å². The van der Waals surface area contributed by atoms with Crippen molar-refractivity contribution < 1.29 is 111 Å². The van der Waals surface area contributed by atoms with Crippen LogP contribution in [0.4, 0.5) is 5.69 Å². The number of aromatic carboxylic acids is 1. The summed E-state index contributed by atoms with van der Waals surface area (Å²) in [7, 11) is 1.15. The Morgan fingerprint density at radius 1 is 0.453 bits per heavy atom. The second-order valence-corrected chi connectivity index (χ2v) is 33.4. The molecule has 0 radical (unpaired) electrons. The van der Waals surface area contributed by atoms with Crippen LogP contribution >= 0.6 is 12.2 Å². The minimum Gasteiger partial charge on any atom is -0.508 e. The zero-order chi connectivity index (χ0) is 100. The van der Waals surface area contributed by atoms with Crippen molar-refractivity contribution in [3.05, 3.63) is 184 Å². The summed E-state index contributed by atoms with van der Waals surface area (Å²) in [5, 5.41) is 91.0. The molecule has 2 aliphatic rings. The smallest absolute Gasteiger partial charge is 0.336 e. The number of likely N-dealkylation sites (N-methyl/N-ethyl adjacent to an activating group) is 1. The second-order valence-electron chi connectivity index (χ2n) is 33.0. The van der Waals surface area contributed by atoms with Gasteiger partial charge in [0.15, 0.2) is 10.5 Å². The Hall–Kier alpha value is -15.5. The number of carboxylic acids is 3. The standard InChI is InChI=1S/C95H115N17O24S/c1-6-7-22-66(104-79(118)48-72(87(126)101-50-56-20-15-19-55-18-11-12-21-61(55)56)105-78(117)37-40-100-95(137)103-57-25-30-62(65(44-57)93(132)133)83-63-31-28-59(114)45-75(63)136-76-46-60(115)29-32-64(76)83)89(128)108-68(34-36-82(121)122)88(127)102-52(4)84(123)110-71(85(124)98-5)47-80(119)107-70(43-54-23-26-58(113)27-24-54)91(130)109-67(33-35-77(97)116)90(129)111-73(86(125)99-39-14-13-38-96)49-81(120)106-69(42-53-16-9-8-10-17-53)92(131)112-74(94(134)135)41-51(2)3/h8-12,15-21,23-32,44-46,51-52,66-74,113-114H,6-7,13-14,22,33-43,47-50,96H2,1-5H3,(H2,97,116)(H,98,124)(H,99,125)(H,101,126)(H,102,127)(H,104,118)(H,105,117)(H,106,120)(H,107,119)(H,108,128)(H,109,130)(H,110,123)(H,111,129)(H,112,131)(H,121,122)(H,132,133)(H,134,135)(H2,100,103,137)/t52-,66-,67-,68-,69-,70-,71-,72-,73-,74-/m0/s1. The number of hydrogen-bond donors (Lipinski definition) is 22. The van der Waals surface area contributed by atoms with Gasteiger partial charge in [0.25, 0.3) is 0 Å². The number of phenolic OH excluding ortho intramolecular Hbond substituents is 2. The van der Waals surface area contributed by atoms with Gasteiger partial charge in [-0.05, 0) is 152 Å². The molecule has 42 heteroatoms. The summed E-state index contributed by atoms with van der Waals surface area (Å²) in [6, 6.07) is 22.6. The van der Waals surface area contributed by atoms with Gasteiger partial charge in [-0.3, -0.25) is 76.7 Å². The number of carbonyl (C=O) groups excluding carboxylic acids is 14. The molecule has 14 amide bonds. The SMILES string of the molecule is CCCC[C@H](NC(=O)C[C@H](NC(=O)CCNC(=S)Nc1ccc(-c2c3ccc(=O)cc-3oc3cc(O)ccc23)c(C(=O)O)c1)C(=O)NCc1cccc2ccccc12)C(=O)N[C@@H](CCC(=O)O)C(=O)N[C@@H](C)C(=O)N[C@@H](CC(=O)N[C@@H](Cc1ccc(O)cc1)C(=O)N[C@@H](CCC(N)=O)C(=O)N[C@@H](CC(=O)N[C@@H](Cc1ccccc1)C(=O)N[C@@H](CC(C)C)C(=O)O)C(=O)NCCCCN)C(=O)NC. The highest BCUT2D eigenvalue weighted by Crippen LogP contribution is 2.43. The number of nitrogens with one attached hydrogen (secondary N) is 15. The maximum Gasteiger partial charge on any atom is 0.336 e. The highest BCUT2D eigenvalue weighted by atomic mass is 32.1. The molecule has 0 unspecified atom stereocenters. The molecule has 0 saturated carbocycles. The van der Waals surface area contributed by atoms with Crippen molar-refractivity contribution in [2.45, 2.75) is 197 Å². The van der Waals surface area contributed by atoms with Gasteiger partial charge in [-0.15, -0.1) is 0 Å². The third-order valence-corrected chi connectivity index (χ3v) is 22.1. The van der Waals surface area contributed by atoms with E-state index < -0.39 is 212 Å². The molecule has 24 N–H and O–H groups in total. The van der Waals surface area contributed by atoms with Crippen molar-refractivity contribution in [2.75, 3.05) is 32.0 Å². The molecular weight excluding hydrogens is 1800 g/mol. The van der Waals surface area contributed by atoms with Crippen LogP contribution in [0.15, 0.2) is 161 Å². The van der Waals surface area contributed by atoms with Crippen LogP contribution in [-0.4, -0.2) is 218 Å². The Balaban J connectivity index is 0.934. The Morgan fingerprint density at radius 3 is 1.59 bits per heavy atom. The Labute approximate surface area is 792 Å². The third-order valence-electron chi connectivity index (χ3n) is 21.8. The van der Waals surface area contributed by atoms with E-state index in [4.69, 9.17) is 28.1 Å². The monoisotopic (exact) mass is 1910 g/mol. The first-order valence-corrected chi connectivity index (χ1v) is 44.8. The van der Waals surface area contributed by atoms with E-state index in [-0.39, 0.29) is 120 Å². The van der Waals surface area contributed by atoms with Gasteiger partial charge < -0.3 is 121 Å². The zero-order valence-electron chi connectivity index (χ0n) is 76.0. The molecule has 730 valence electrons. The van der Waals surface area contributed by atoms with E-state index in [2.05, 4.69) is 79.8 Å². The highest BCUT2D eigenvalue weighted by molar-refractivity contribution is 7.80. The molecule has 0 spiro atoms. The first kappa shape index (κ1) is 107. The number of carbonyl (C=O) groups is 17. The number of anilines is 1. The van der Waals surface area contributed by atoms with Crippen LogP contribution in [0.25, 0.3) is 44.2 Å². The normalized spacial score (nSPS) is 13.2. The van der Waals surface area contributed by atoms with Crippen LogP contribution in [0.2, 0.25) is 0 Å². The van der Waals surface area contributed by atoms with Crippen LogP contribution < -0.4 is 96.6 Å². The van der Waals surface area contributed by atoms with Gasteiger partial charge in [-0.25, -0.2) is 9.59 Å². The Morgan fingerprint density at radius 2 is 0.985 bits per heavy atom. The summed E-state index contributed by atoms with van der Waals surface area (Å²) in [5.41, 5.74) is 13.5. The fraction of sp³-hybridized carbons (Fsp3) is 0.379. The summed E-state index contributed by atoms with van der Waals surface area (Å²) in [5.74, 6) is -18.6. The summed E-state index contributed by atoms with van der Waals surface area (Å²) >= 11 is 5.54. The van der Waals surface area contributed by atoms with Crippen molar-refractivity contribution in [3.8, 4) is 33.9 Å². The van der Waals surface area contributed by atoms with Gasteiger partial charge >= 0.3 is 17.9 Å². The van der Waals surface area contributed by atoms with Crippen LogP contribution in [0.1, 0.15) is 145 Å². The van der Waals surface area contributed by atoms with E-state index in [1.165, 1.54) is 66.7 Å². The lowest BCUT2D eigenvalue weighted by Crippen LogP contribution is -2.59. The average Bonchev–Trinajstić information content (AvgIpc) is 0.745. The molecule has 0 aromatic heterocycles. The fourth-order valence-electron chi connectivity index (χ4n) is 14.7. The minimum atomic E-state index is -1.82.